The third-order valence-electron chi connectivity index (χ3n) is 4.99. The molecule has 2 N–H and O–H groups in total. The van der Waals surface area contributed by atoms with E-state index in [0.717, 1.165) is 29.6 Å². The van der Waals surface area contributed by atoms with Crippen LogP contribution in [0.3, 0.4) is 0 Å². The van der Waals surface area contributed by atoms with E-state index in [2.05, 4.69) is 16.0 Å². The van der Waals surface area contributed by atoms with Gasteiger partial charge >= 0.3 is 0 Å². The second-order valence-electron chi connectivity index (χ2n) is 6.62. The summed E-state index contributed by atoms with van der Waals surface area (Å²) in [4.78, 5) is 20.6. The summed E-state index contributed by atoms with van der Waals surface area (Å²) in [6, 6.07) is 5.93. The van der Waals surface area contributed by atoms with E-state index < -0.39 is 0 Å². The van der Waals surface area contributed by atoms with Crippen LogP contribution in [0.4, 0.5) is 5.69 Å². The molecule has 0 aliphatic carbocycles. The second-order valence-corrected chi connectivity index (χ2v) is 6.62. The lowest BCUT2D eigenvalue weighted by atomic mass is 10.1. The molecule has 8 nitrogen and oxygen atoms in total. The van der Waals surface area contributed by atoms with E-state index in [9.17, 15) is 10.1 Å². The van der Waals surface area contributed by atoms with Crippen LogP contribution in [0.2, 0.25) is 0 Å². The molecule has 8 heteroatoms. The van der Waals surface area contributed by atoms with Gasteiger partial charge in [-0.05, 0) is 12.5 Å². The van der Waals surface area contributed by atoms with Gasteiger partial charge in [-0.2, -0.15) is 5.26 Å². The molecule has 1 saturated heterocycles. The zero-order valence-corrected chi connectivity index (χ0v) is 16.3. The zero-order valence-electron chi connectivity index (χ0n) is 16.3. The van der Waals surface area contributed by atoms with Crippen molar-refractivity contribution < 1.29 is 14.3 Å². The molecule has 1 aromatic heterocycles. The third kappa shape index (κ3) is 3.80. The number of nitrogens with two attached hydrogens (primary N) is 1. The Kier molecular flexibility index (Phi) is 6.16. The van der Waals surface area contributed by atoms with E-state index >= 15 is 0 Å². The van der Waals surface area contributed by atoms with Crippen LogP contribution in [0.1, 0.15) is 18.4 Å². The number of anilines is 1. The van der Waals surface area contributed by atoms with Gasteiger partial charge in [0.2, 0.25) is 5.91 Å². The maximum atomic E-state index is 12.2. The summed E-state index contributed by atoms with van der Waals surface area (Å²) in [7, 11) is 3.16. The number of rotatable bonds is 5. The molecule has 0 spiro atoms. The highest BCUT2D eigenvalue weighted by atomic mass is 16.5. The van der Waals surface area contributed by atoms with Gasteiger partial charge in [0.15, 0.2) is 11.5 Å². The van der Waals surface area contributed by atoms with Crippen LogP contribution in [0, 0.1) is 11.3 Å². The Balaban J connectivity index is 2.01. The van der Waals surface area contributed by atoms with E-state index in [1.807, 2.05) is 17.0 Å². The van der Waals surface area contributed by atoms with Crippen molar-refractivity contribution in [3.63, 3.8) is 0 Å². The topological polar surface area (TPSA) is 105 Å². The van der Waals surface area contributed by atoms with Crippen molar-refractivity contribution in [1.29, 1.82) is 5.26 Å². The van der Waals surface area contributed by atoms with Crippen LogP contribution in [0.5, 0.6) is 11.5 Å². The minimum atomic E-state index is 0.0795. The number of pyridine rings is 1. The molecule has 1 aliphatic rings. The van der Waals surface area contributed by atoms with Gasteiger partial charge in [0, 0.05) is 56.8 Å². The lowest BCUT2D eigenvalue weighted by Gasteiger charge is -2.26. The van der Waals surface area contributed by atoms with Gasteiger partial charge in [-0.1, -0.05) is 0 Å². The third-order valence-corrected chi connectivity index (χ3v) is 4.99. The van der Waals surface area contributed by atoms with E-state index in [1.54, 1.807) is 20.4 Å². The van der Waals surface area contributed by atoms with Gasteiger partial charge in [0.25, 0.3) is 0 Å². The lowest BCUT2D eigenvalue weighted by Crippen LogP contribution is -2.36. The van der Waals surface area contributed by atoms with Crippen LogP contribution in [0.25, 0.3) is 10.9 Å². The molecular formula is C20H25N5O3. The van der Waals surface area contributed by atoms with Crippen molar-refractivity contribution in [1.82, 2.24) is 9.88 Å². The maximum Gasteiger partial charge on any atom is 0.223 e. The molecule has 0 unspecified atom stereocenters. The number of ether oxygens (including phenoxy) is 2. The van der Waals surface area contributed by atoms with Crippen LogP contribution in [0.15, 0.2) is 18.3 Å². The first-order valence-corrected chi connectivity index (χ1v) is 9.30. The Morgan fingerprint density at radius 3 is 2.64 bits per heavy atom. The Bertz CT molecular complexity index is 909. The normalized spacial score (nSPS) is 14.5. The first kappa shape index (κ1) is 19.7. The molecule has 3 rings (SSSR count). The SMILES string of the molecule is COc1cc2ncc(C#N)c(N3CCCN(C(=O)CCN)CC3)c2cc1OC. The second kappa shape index (κ2) is 8.76. The largest absolute Gasteiger partial charge is 0.493 e. The number of hydrogen-bond donors (Lipinski definition) is 1. The minimum Gasteiger partial charge on any atom is -0.493 e. The highest BCUT2D eigenvalue weighted by Gasteiger charge is 2.23. The van der Waals surface area contributed by atoms with Crippen molar-refractivity contribution in [3.8, 4) is 17.6 Å². The van der Waals surface area contributed by atoms with E-state index in [1.165, 1.54) is 0 Å². The van der Waals surface area contributed by atoms with E-state index in [4.69, 9.17) is 15.2 Å². The molecule has 28 heavy (non-hydrogen) atoms. The number of aromatic nitrogens is 1. The van der Waals surface area contributed by atoms with Gasteiger partial charge < -0.3 is 25.0 Å². The molecule has 1 aliphatic heterocycles. The molecule has 148 valence electrons. The number of nitriles is 1. The van der Waals surface area contributed by atoms with Crippen molar-refractivity contribution in [2.24, 2.45) is 5.73 Å². The summed E-state index contributed by atoms with van der Waals surface area (Å²) >= 11 is 0. The average molecular weight is 383 g/mol. The highest BCUT2D eigenvalue weighted by Crippen LogP contribution is 2.37. The number of benzene rings is 1. The summed E-state index contributed by atoms with van der Waals surface area (Å²) in [6.07, 6.45) is 2.77. The predicted molar refractivity (Wildman–Crippen MR) is 107 cm³/mol. The van der Waals surface area contributed by atoms with Crippen molar-refractivity contribution in [2.45, 2.75) is 12.8 Å². The molecule has 1 amide bonds. The van der Waals surface area contributed by atoms with Gasteiger partial charge in [0.05, 0.1) is 31.0 Å². The Morgan fingerprint density at radius 2 is 1.96 bits per heavy atom. The van der Waals surface area contributed by atoms with Crippen LogP contribution in [-0.4, -0.2) is 62.7 Å². The fraction of sp³-hybridized carbons (Fsp3) is 0.450. The van der Waals surface area contributed by atoms with Crippen LogP contribution >= 0.6 is 0 Å². The molecular weight excluding hydrogens is 358 g/mol. The minimum absolute atomic E-state index is 0.0795. The van der Waals surface area contributed by atoms with E-state index in [-0.39, 0.29) is 5.91 Å². The number of amides is 1. The van der Waals surface area contributed by atoms with Gasteiger partial charge in [-0.25, -0.2) is 0 Å². The summed E-state index contributed by atoms with van der Waals surface area (Å²) < 4.78 is 10.8. The maximum absolute atomic E-state index is 12.2. The van der Waals surface area contributed by atoms with E-state index in [0.29, 0.717) is 49.7 Å². The van der Waals surface area contributed by atoms with Gasteiger partial charge in [-0.15, -0.1) is 0 Å². The fourth-order valence-corrected chi connectivity index (χ4v) is 3.60. The Hall–Kier alpha value is -3.05. The first-order valence-electron chi connectivity index (χ1n) is 9.30. The number of methoxy groups -OCH3 is 2. The summed E-state index contributed by atoms with van der Waals surface area (Å²) in [5.41, 5.74) is 7.57. The molecule has 1 fully saturated rings. The standard InChI is InChI=1S/C20H25N5O3/c1-27-17-10-15-16(11-18(17)28-2)23-13-14(12-22)20(15)25-7-3-6-24(8-9-25)19(26)4-5-21/h10-11,13H,3-9,21H2,1-2H3. The van der Waals surface area contributed by atoms with Crippen molar-refractivity contribution in [2.75, 3.05) is 51.8 Å². The molecule has 0 atom stereocenters. The number of hydrogen-bond acceptors (Lipinski definition) is 7. The van der Waals surface area contributed by atoms with Gasteiger partial charge in [0.1, 0.15) is 6.07 Å². The first-order chi connectivity index (χ1) is 13.6. The number of carbonyl (C=O) groups is 1. The lowest BCUT2D eigenvalue weighted by molar-refractivity contribution is -0.130. The number of nitrogens with zero attached hydrogens (tertiary/aromatic N) is 4. The number of carbonyl (C=O) groups excluding carboxylic acids is 1. The quantitative estimate of drug-likeness (QED) is 0.834. The van der Waals surface area contributed by atoms with Gasteiger partial charge in [-0.3, -0.25) is 9.78 Å². The summed E-state index contributed by atoms with van der Waals surface area (Å²) in [5, 5.41) is 10.5. The molecule has 2 heterocycles. The fourth-order valence-electron chi connectivity index (χ4n) is 3.60. The highest BCUT2D eigenvalue weighted by molar-refractivity contribution is 5.96. The molecule has 0 bridgehead atoms. The Morgan fingerprint density at radius 1 is 1.21 bits per heavy atom. The Labute approximate surface area is 164 Å². The van der Waals surface area contributed by atoms with Crippen LogP contribution in [-0.2, 0) is 4.79 Å². The predicted octanol–water partition coefficient (Wildman–Crippen LogP) is 1.51. The molecule has 0 saturated carbocycles. The summed E-state index contributed by atoms with van der Waals surface area (Å²) in [5.74, 6) is 1.26. The van der Waals surface area contributed by atoms with Crippen LogP contribution < -0.4 is 20.1 Å². The van der Waals surface area contributed by atoms with Crippen molar-refractivity contribution in [3.05, 3.63) is 23.9 Å². The number of fused-ring (bicyclic) bond motifs is 1. The molecule has 2 aromatic rings. The molecule has 0 radical (unpaired) electrons. The average Bonchev–Trinajstić information content (AvgIpc) is 2.98. The van der Waals surface area contributed by atoms with Crippen molar-refractivity contribution >= 4 is 22.5 Å². The summed E-state index contributed by atoms with van der Waals surface area (Å²) in [6.45, 7) is 3.03. The monoisotopic (exact) mass is 383 g/mol. The zero-order chi connectivity index (χ0) is 20.1. The smallest absolute Gasteiger partial charge is 0.223 e. The molecule has 1 aromatic carbocycles.